The number of ether oxygens (including phenoxy) is 2. The van der Waals surface area contributed by atoms with E-state index in [1.807, 2.05) is 0 Å². The summed E-state index contributed by atoms with van der Waals surface area (Å²) in [6, 6.07) is 8.21. The van der Waals surface area contributed by atoms with Crippen molar-refractivity contribution in [2.24, 2.45) is 0 Å². The lowest BCUT2D eigenvalue weighted by Gasteiger charge is -2.15. The van der Waals surface area contributed by atoms with Crippen LogP contribution in [0.25, 0.3) is 0 Å². The van der Waals surface area contributed by atoms with Gasteiger partial charge in [0.25, 0.3) is 0 Å². The van der Waals surface area contributed by atoms with Crippen molar-refractivity contribution in [2.75, 3.05) is 7.11 Å². The zero-order valence-electron chi connectivity index (χ0n) is 11.8. The molecule has 1 N–H and O–H groups in total. The third kappa shape index (κ3) is 3.92. The molecule has 0 heterocycles. The Morgan fingerprint density at radius 1 is 1.10 bits per heavy atom. The Morgan fingerprint density at radius 3 is 2.33 bits per heavy atom. The average Bonchev–Trinajstić information content (AvgIpc) is 2.43. The Bertz CT molecular complexity index is 607. The summed E-state index contributed by atoms with van der Waals surface area (Å²) in [7, 11) is 1.52. The van der Waals surface area contributed by atoms with Crippen LogP contribution in [0.1, 0.15) is 24.2 Å². The van der Waals surface area contributed by atoms with Crippen LogP contribution in [0.15, 0.2) is 36.4 Å². The summed E-state index contributed by atoms with van der Waals surface area (Å²) in [5, 5.41) is 9.71. The molecule has 112 valence electrons. The summed E-state index contributed by atoms with van der Waals surface area (Å²) in [4.78, 5) is 0. The Balaban J connectivity index is 2.21. The third-order valence-corrected chi connectivity index (χ3v) is 2.99. The number of halogens is 2. The van der Waals surface area contributed by atoms with E-state index in [9.17, 15) is 13.9 Å². The fraction of sp³-hybridized carbons (Fsp3) is 0.250. The second-order valence-corrected chi connectivity index (χ2v) is 4.65. The number of aliphatic hydroxyl groups excluding tert-OH is 1. The van der Waals surface area contributed by atoms with E-state index in [0.29, 0.717) is 22.6 Å². The first-order valence-corrected chi connectivity index (χ1v) is 6.43. The van der Waals surface area contributed by atoms with Crippen LogP contribution in [0.2, 0.25) is 0 Å². The van der Waals surface area contributed by atoms with Gasteiger partial charge in [0, 0.05) is 17.7 Å². The molecule has 0 aromatic heterocycles. The van der Waals surface area contributed by atoms with Crippen LogP contribution >= 0.6 is 0 Å². The lowest BCUT2D eigenvalue weighted by atomic mass is 10.1. The Kier molecular flexibility index (Phi) is 4.75. The van der Waals surface area contributed by atoms with E-state index < -0.39 is 17.7 Å². The molecule has 0 fully saturated rings. The van der Waals surface area contributed by atoms with Gasteiger partial charge in [0.1, 0.15) is 29.7 Å². The van der Waals surface area contributed by atoms with Gasteiger partial charge in [0.05, 0.1) is 13.2 Å². The average molecular weight is 294 g/mol. The van der Waals surface area contributed by atoms with E-state index in [0.717, 1.165) is 6.07 Å². The van der Waals surface area contributed by atoms with Crippen molar-refractivity contribution in [3.63, 3.8) is 0 Å². The van der Waals surface area contributed by atoms with Gasteiger partial charge in [0.15, 0.2) is 0 Å². The third-order valence-electron chi connectivity index (χ3n) is 2.99. The van der Waals surface area contributed by atoms with Gasteiger partial charge < -0.3 is 14.6 Å². The van der Waals surface area contributed by atoms with Crippen LogP contribution in [0.5, 0.6) is 11.5 Å². The molecule has 2 aromatic carbocycles. The normalized spacial score (nSPS) is 12.0. The van der Waals surface area contributed by atoms with Crippen molar-refractivity contribution >= 4 is 0 Å². The van der Waals surface area contributed by atoms with Crippen molar-refractivity contribution in [2.45, 2.75) is 19.6 Å². The monoisotopic (exact) mass is 294 g/mol. The standard InChI is InChI=1S/C16H16F2O3/c1-10(19)15-4-3-14(20-2)8-16(15)21-9-11-5-12(17)7-13(18)6-11/h3-8,10,19H,9H2,1-2H3/t10-/m0/s1. The zero-order valence-corrected chi connectivity index (χ0v) is 11.8. The highest BCUT2D eigenvalue weighted by Crippen LogP contribution is 2.30. The molecule has 3 nitrogen and oxygen atoms in total. The van der Waals surface area contributed by atoms with Crippen molar-refractivity contribution < 1.29 is 23.4 Å². The second kappa shape index (κ2) is 6.54. The van der Waals surface area contributed by atoms with E-state index in [1.165, 1.54) is 19.2 Å². The van der Waals surface area contributed by atoms with Crippen LogP contribution in [0, 0.1) is 11.6 Å². The van der Waals surface area contributed by atoms with E-state index in [2.05, 4.69) is 0 Å². The van der Waals surface area contributed by atoms with Crippen LogP contribution in [0.4, 0.5) is 8.78 Å². The van der Waals surface area contributed by atoms with Crippen molar-refractivity contribution in [3.05, 3.63) is 59.2 Å². The van der Waals surface area contributed by atoms with Crippen LogP contribution in [-0.2, 0) is 6.61 Å². The highest BCUT2D eigenvalue weighted by atomic mass is 19.1. The summed E-state index contributed by atoms with van der Waals surface area (Å²) in [5.74, 6) is -0.334. The Labute approximate surface area is 121 Å². The lowest BCUT2D eigenvalue weighted by molar-refractivity contribution is 0.189. The predicted octanol–water partition coefficient (Wildman–Crippen LogP) is 3.61. The molecule has 0 unspecified atom stereocenters. The van der Waals surface area contributed by atoms with Gasteiger partial charge in [-0.15, -0.1) is 0 Å². The highest BCUT2D eigenvalue weighted by molar-refractivity contribution is 5.42. The van der Waals surface area contributed by atoms with Gasteiger partial charge in [-0.25, -0.2) is 8.78 Å². The first-order valence-electron chi connectivity index (χ1n) is 6.43. The van der Waals surface area contributed by atoms with Gasteiger partial charge in [0.2, 0.25) is 0 Å². The molecule has 2 aromatic rings. The summed E-state index contributed by atoms with van der Waals surface area (Å²) < 4.78 is 36.9. The van der Waals surface area contributed by atoms with Crippen molar-refractivity contribution in [3.8, 4) is 11.5 Å². The van der Waals surface area contributed by atoms with Gasteiger partial charge in [-0.05, 0) is 36.8 Å². The van der Waals surface area contributed by atoms with Crippen LogP contribution in [0.3, 0.4) is 0 Å². The van der Waals surface area contributed by atoms with E-state index in [1.54, 1.807) is 25.1 Å². The minimum Gasteiger partial charge on any atom is -0.497 e. The Morgan fingerprint density at radius 2 is 1.76 bits per heavy atom. The largest absolute Gasteiger partial charge is 0.497 e. The molecular formula is C16H16F2O3. The molecule has 0 aliphatic rings. The van der Waals surface area contributed by atoms with E-state index in [4.69, 9.17) is 9.47 Å². The fourth-order valence-corrected chi connectivity index (χ4v) is 1.97. The van der Waals surface area contributed by atoms with Crippen molar-refractivity contribution in [1.82, 2.24) is 0 Å². The van der Waals surface area contributed by atoms with Gasteiger partial charge >= 0.3 is 0 Å². The summed E-state index contributed by atoms with van der Waals surface area (Å²) in [6.07, 6.45) is -0.727. The zero-order chi connectivity index (χ0) is 15.4. The molecule has 0 saturated heterocycles. The molecule has 0 aliphatic heterocycles. The number of rotatable bonds is 5. The molecule has 5 heteroatoms. The SMILES string of the molecule is COc1ccc([C@H](C)O)c(OCc2cc(F)cc(F)c2)c1. The fourth-order valence-electron chi connectivity index (χ4n) is 1.97. The smallest absolute Gasteiger partial charge is 0.129 e. The predicted molar refractivity (Wildman–Crippen MR) is 74.3 cm³/mol. The maximum absolute atomic E-state index is 13.1. The number of methoxy groups -OCH3 is 1. The molecule has 2 rings (SSSR count). The summed E-state index contributed by atoms with van der Waals surface area (Å²) >= 11 is 0. The van der Waals surface area contributed by atoms with E-state index >= 15 is 0 Å². The molecule has 0 spiro atoms. The Hall–Kier alpha value is -2.14. The summed E-state index contributed by atoms with van der Waals surface area (Å²) in [6.45, 7) is 1.60. The molecule has 0 radical (unpaired) electrons. The number of aliphatic hydroxyl groups is 1. The second-order valence-electron chi connectivity index (χ2n) is 4.65. The molecule has 0 aliphatic carbocycles. The quantitative estimate of drug-likeness (QED) is 0.915. The topological polar surface area (TPSA) is 38.7 Å². The molecule has 1 atom stereocenters. The molecule has 0 bridgehead atoms. The number of hydrogen-bond donors (Lipinski definition) is 1. The maximum atomic E-state index is 13.1. The molecule has 0 amide bonds. The summed E-state index contributed by atoms with van der Waals surface area (Å²) in [5.41, 5.74) is 0.944. The van der Waals surface area contributed by atoms with Gasteiger partial charge in [-0.2, -0.15) is 0 Å². The molecular weight excluding hydrogens is 278 g/mol. The molecule has 21 heavy (non-hydrogen) atoms. The molecule has 0 saturated carbocycles. The highest BCUT2D eigenvalue weighted by Gasteiger charge is 2.11. The first kappa shape index (κ1) is 15.3. The number of hydrogen-bond acceptors (Lipinski definition) is 3. The minimum absolute atomic E-state index is 0.0123. The van der Waals surface area contributed by atoms with E-state index in [-0.39, 0.29) is 6.61 Å². The first-order chi connectivity index (χ1) is 9.99. The number of benzene rings is 2. The maximum Gasteiger partial charge on any atom is 0.129 e. The minimum atomic E-state index is -0.727. The van der Waals surface area contributed by atoms with Crippen molar-refractivity contribution in [1.29, 1.82) is 0 Å². The van der Waals surface area contributed by atoms with Gasteiger partial charge in [-0.1, -0.05) is 0 Å². The van der Waals surface area contributed by atoms with Gasteiger partial charge in [-0.3, -0.25) is 0 Å². The van der Waals surface area contributed by atoms with Crippen LogP contribution < -0.4 is 9.47 Å². The van der Waals surface area contributed by atoms with Crippen LogP contribution in [-0.4, -0.2) is 12.2 Å². The lowest BCUT2D eigenvalue weighted by Crippen LogP contribution is -2.02.